The van der Waals surface area contributed by atoms with E-state index in [9.17, 15) is 14.7 Å². The Hall–Kier alpha value is -3.09. The number of rotatable bonds is 5. The van der Waals surface area contributed by atoms with Gasteiger partial charge in [0.05, 0.1) is 0 Å². The number of anilines is 1. The Morgan fingerprint density at radius 1 is 1.13 bits per heavy atom. The van der Waals surface area contributed by atoms with Crippen molar-refractivity contribution in [2.75, 3.05) is 4.90 Å². The van der Waals surface area contributed by atoms with Crippen LogP contribution in [0.5, 0.6) is 0 Å². The van der Waals surface area contributed by atoms with E-state index in [2.05, 4.69) is 20.8 Å². The zero-order chi connectivity index (χ0) is 22.4. The molecule has 0 unspecified atom stereocenters. The first-order valence-corrected chi connectivity index (χ1v) is 9.93. The molecule has 3 heterocycles. The highest BCUT2D eigenvalue weighted by atomic mass is 16.4. The molecule has 0 aliphatic heterocycles. The van der Waals surface area contributed by atoms with Gasteiger partial charge < -0.3 is 9.52 Å². The molecule has 3 aromatic heterocycles. The van der Waals surface area contributed by atoms with E-state index in [0.29, 0.717) is 22.9 Å². The first-order chi connectivity index (χ1) is 13.8. The van der Waals surface area contributed by atoms with Gasteiger partial charge in [0, 0.05) is 18.7 Å². The number of carbonyl (C=O) groups is 2. The van der Waals surface area contributed by atoms with Crippen LogP contribution < -0.4 is 4.90 Å². The Labute approximate surface area is 176 Å². The van der Waals surface area contributed by atoms with Gasteiger partial charge in [0.25, 0.3) is 0 Å². The lowest BCUT2D eigenvalue weighted by atomic mass is 9.80. The van der Waals surface area contributed by atoms with E-state index in [0.717, 1.165) is 12.0 Å². The van der Waals surface area contributed by atoms with Crippen molar-refractivity contribution in [2.24, 2.45) is 5.41 Å². The summed E-state index contributed by atoms with van der Waals surface area (Å²) >= 11 is 0. The fourth-order valence-corrected chi connectivity index (χ4v) is 4.34. The lowest BCUT2D eigenvalue weighted by Gasteiger charge is -2.41. The summed E-state index contributed by atoms with van der Waals surface area (Å²) in [7, 11) is 0. The molecular formula is C23H29N3O4. The maximum Gasteiger partial charge on any atom is 0.371 e. The molecule has 0 atom stereocenters. The molecule has 0 fully saturated rings. The highest BCUT2D eigenvalue weighted by Crippen LogP contribution is 2.40. The summed E-state index contributed by atoms with van der Waals surface area (Å²) in [6.07, 6.45) is 2.67. The van der Waals surface area contributed by atoms with E-state index in [1.165, 1.54) is 13.0 Å². The van der Waals surface area contributed by atoms with Crippen molar-refractivity contribution in [2.45, 2.75) is 60.4 Å². The topological polar surface area (TPSA) is 88.0 Å². The smallest absolute Gasteiger partial charge is 0.371 e. The van der Waals surface area contributed by atoms with Crippen LogP contribution in [0.2, 0.25) is 0 Å². The van der Waals surface area contributed by atoms with Crippen molar-refractivity contribution in [1.29, 1.82) is 0 Å². The zero-order valence-electron chi connectivity index (χ0n) is 18.6. The molecule has 0 spiro atoms. The molecule has 7 nitrogen and oxygen atoms in total. The number of amides is 1. The summed E-state index contributed by atoms with van der Waals surface area (Å²) < 4.78 is 7.44. The number of imidazole rings is 1. The Morgan fingerprint density at radius 3 is 2.33 bits per heavy atom. The summed E-state index contributed by atoms with van der Waals surface area (Å²) in [6, 6.07) is 6.79. The summed E-state index contributed by atoms with van der Waals surface area (Å²) in [5.41, 5.74) is 1.55. The van der Waals surface area contributed by atoms with Crippen LogP contribution in [0.4, 0.5) is 5.82 Å². The van der Waals surface area contributed by atoms with Crippen molar-refractivity contribution >= 4 is 23.3 Å². The second-order valence-electron chi connectivity index (χ2n) is 9.59. The van der Waals surface area contributed by atoms with E-state index >= 15 is 0 Å². The summed E-state index contributed by atoms with van der Waals surface area (Å²) in [5.74, 6) is -0.575. The second-order valence-corrected chi connectivity index (χ2v) is 9.59. The van der Waals surface area contributed by atoms with Crippen LogP contribution in [0, 0.1) is 12.3 Å². The van der Waals surface area contributed by atoms with E-state index in [1.807, 2.05) is 43.5 Å². The van der Waals surface area contributed by atoms with Gasteiger partial charge in [-0.25, -0.2) is 9.78 Å². The molecule has 160 valence electrons. The van der Waals surface area contributed by atoms with Gasteiger partial charge in [-0.15, -0.1) is 0 Å². The van der Waals surface area contributed by atoms with Crippen LogP contribution in [0.25, 0.3) is 17.1 Å². The Kier molecular flexibility index (Phi) is 5.26. The number of fused-ring (bicyclic) bond motifs is 1. The van der Waals surface area contributed by atoms with Gasteiger partial charge >= 0.3 is 5.97 Å². The molecule has 0 radical (unpaired) electrons. The van der Waals surface area contributed by atoms with Crippen LogP contribution in [0.15, 0.2) is 34.9 Å². The molecule has 3 rings (SSSR count). The number of pyridine rings is 1. The highest BCUT2D eigenvalue weighted by Gasteiger charge is 2.38. The first kappa shape index (κ1) is 21.6. The maximum atomic E-state index is 13.0. The fraction of sp³-hybridized carbons (Fsp3) is 0.435. The zero-order valence-corrected chi connectivity index (χ0v) is 18.6. The summed E-state index contributed by atoms with van der Waals surface area (Å²) in [4.78, 5) is 30.7. The predicted molar refractivity (Wildman–Crippen MR) is 116 cm³/mol. The largest absolute Gasteiger partial charge is 0.475 e. The van der Waals surface area contributed by atoms with Gasteiger partial charge in [0.2, 0.25) is 11.7 Å². The summed E-state index contributed by atoms with van der Waals surface area (Å²) in [6.45, 7) is 14.0. The second kappa shape index (κ2) is 7.31. The number of aryl methyl sites for hydroxylation is 1. The predicted octanol–water partition coefficient (Wildman–Crippen LogP) is 5.17. The van der Waals surface area contributed by atoms with Crippen LogP contribution in [-0.2, 0) is 4.79 Å². The molecule has 0 saturated carbocycles. The van der Waals surface area contributed by atoms with Gasteiger partial charge in [-0.05, 0) is 56.4 Å². The SMILES string of the molecule is CC(=O)N(c1c(-c2ccc(C(=O)O)o2)nc2ccc(C)cn12)C(C)(C)CC(C)(C)C. The van der Waals surface area contributed by atoms with E-state index in [-0.39, 0.29) is 17.1 Å². The minimum absolute atomic E-state index is 0.0189. The monoisotopic (exact) mass is 411 g/mol. The van der Waals surface area contributed by atoms with Crippen LogP contribution in [-0.4, -0.2) is 31.9 Å². The summed E-state index contributed by atoms with van der Waals surface area (Å²) in [5, 5.41) is 9.26. The van der Waals surface area contributed by atoms with Gasteiger partial charge in [-0.3, -0.25) is 14.1 Å². The standard InChI is InChI=1S/C23H29N3O4/c1-14-8-11-18-24-19(16-9-10-17(30-16)21(28)29)20(25(18)12-14)26(15(2)27)23(6,7)13-22(3,4)5/h8-12H,13H2,1-7H3,(H,28,29). The van der Waals surface area contributed by atoms with E-state index in [1.54, 1.807) is 11.0 Å². The number of aromatic carboxylic acids is 1. The van der Waals surface area contributed by atoms with Crippen LogP contribution in [0.3, 0.4) is 0 Å². The molecule has 0 aliphatic rings. The highest BCUT2D eigenvalue weighted by molar-refractivity contribution is 5.96. The van der Waals surface area contributed by atoms with E-state index in [4.69, 9.17) is 9.40 Å². The lowest BCUT2D eigenvalue weighted by Crippen LogP contribution is -2.50. The molecule has 3 aromatic rings. The molecule has 0 bridgehead atoms. The number of carboxylic acid groups (broad SMARTS) is 1. The third-order valence-corrected chi connectivity index (χ3v) is 4.89. The molecule has 0 aromatic carbocycles. The molecule has 7 heteroatoms. The Balaban J connectivity index is 2.31. The number of furan rings is 1. The molecular weight excluding hydrogens is 382 g/mol. The minimum atomic E-state index is -1.15. The third-order valence-electron chi connectivity index (χ3n) is 4.89. The number of hydrogen-bond donors (Lipinski definition) is 1. The minimum Gasteiger partial charge on any atom is -0.475 e. The van der Waals surface area contributed by atoms with E-state index < -0.39 is 11.5 Å². The van der Waals surface area contributed by atoms with Gasteiger partial charge in [0.1, 0.15) is 11.3 Å². The number of carboxylic acids is 1. The lowest BCUT2D eigenvalue weighted by molar-refractivity contribution is -0.117. The van der Waals surface area contributed by atoms with Gasteiger partial charge in [-0.2, -0.15) is 0 Å². The van der Waals surface area contributed by atoms with Gasteiger partial charge in [0.15, 0.2) is 11.6 Å². The number of nitrogens with zero attached hydrogens (tertiary/aromatic N) is 3. The normalized spacial score (nSPS) is 12.4. The molecule has 30 heavy (non-hydrogen) atoms. The van der Waals surface area contributed by atoms with Crippen molar-refractivity contribution in [1.82, 2.24) is 9.38 Å². The van der Waals surface area contributed by atoms with Crippen LogP contribution in [0.1, 0.15) is 64.1 Å². The third kappa shape index (κ3) is 4.10. The molecule has 1 amide bonds. The van der Waals surface area contributed by atoms with Crippen molar-refractivity contribution in [3.63, 3.8) is 0 Å². The quantitative estimate of drug-likeness (QED) is 0.626. The first-order valence-electron chi connectivity index (χ1n) is 9.93. The fourth-order valence-electron chi connectivity index (χ4n) is 4.34. The number of aromatic nitrogens is 2. The number of hydrogen-bond acceptors (Lipinski definition) is 4. The maximum absolute atomic E-state index is 13.0. The average Bonchev–Trinajstić information content (AvgIpc) is 3.17. The van der Waals surface area contributed by atoms with Gasteiger partial charge in [-0.1, -0.05) is 26.8 Å². The van der Waals surface area contributed by atoms with Crippen molar-refractivity contribution in [3.05, 3.63) is 41.8 Å². The average molecular weight is 412 g/mol. The molecule has 0 saturated heterocycles. The molecule has 0 aliphatic carbocycles. The number of carbonyl (C=O) groups excluding carboxylic acids is 1. The van der Waals surface area contributed by atoms with Crippen molar-refractivity contribution in [3.8, 4) is 11.5 Å². The van der Waals surface area contributed by atoms with Crippen LogP contribution >= 0.6 is 0 Å². The molecule has 1 N–H and O–H groups in total. The van der Waals surface area contributed by atoms with Crippen molar-refractivity contribution < 1.29 is 19.1 Å². The Morgan fingerprint density at radius 2 is 1.80 bits per heavy atom. The Bertz CT molecular complexity index is 1120.